The first kappa shape index (κ1) is 19.5. The van der Waals surface area contributed by atoms with Gasteiger partial charge in [0, 0.05) is 24.8 Å². The number of nitrogens with zero attached hydrogens (tertiary/aromatic N) is 3. The molecule has 0 saturated carbocycles. The van der Waals surface area contributed by atoms with Crippen molar-refractivity contribution in [2.24, 2.45) is 17.1 Å². The molecule has 3 rings (SSSR count). The fraction of sp³-hybridized carbons (Fsp3) is 0.684. The quantitative estimate of drug-likeness (QED) is 0.790. The number of nitrogens with one attached hydrogen (secondary N) is 1. The van der Waals surface area contributed by atoms with Gasteiger partial charge in [-0.1, -0.05) is 13.8 Å². The molecule has 2 aliphatic heterocycles. The van der Waals surface area contributed by atoms with Gasteiger partial charge in [0.15, 0.2) is 0 Å². The van der Waals surface area contributed by atoms with Gasteiger partial charge in [-0.05, 0) is 51.3 Å². The van der Waals surface area contributed by atoms with Crippen LogP contribution in [0.5, 0.6) is 0 Å². The van der Waals surface area contributed by atoms with Gasteiger partial charge in [0.25, 0.3) is 5.91 Å². The molecule has 148 valence electrons. The Kier molecular flexibility index (Phi) is 5.37. The molecule has 3 heterocycles. The number of primary amides is 1. The standard InChI is InChI=1S/C19H29N5O3/c1-12(2)9-13-10-14(22-18(27)21-13)16(25)24-8-6-19(17(20)26)5-4-7-23(3)15(19)11-24/h10,12,15H,4-9,11H2,1-3H3,(H2,20,26)(H,21,22,27)/t15-,19-/m1/s1. The molecule has 0 bridgehead atoms. The highest BCUT2D eigenvalue weighted by molar-refractivity contribution is 5.93. The highest BCUT2D eigenvalue weighted by atomic mass is 16.2. The number of aromatic nitrogens is 2. The van der Waals surface area contributed by atoms with Crippen molar-refractivity contribution in [2.45, 2.75) is 45.6 Å². The summed E-state index contributed by atoms with van der Waals surface area (Å²) in [4.78, 5) is 47.6. The molecule has 2 aliphatic rings. The van der Waals surface area contributed by atoms with Crippen LogP contribution in [0.3, 0.4) is 0 Å². The van der Waals surface area contributed by atoms with Crippen LogP contribution < -0.4 is 11.4 Å². The maximum atomic E-state index is 13.0. The zero-order chi connectivity index (χ0) is 19.8. The van der Waals surface area contributed by atoms with Crippen molar-refractivity contribution < 1.29 is 9.59 Å². The third-order valence-electron chi connectivity index (χ3n) is 5.95. The molecule has 1 aromatic rings. The molecule has 2 atom stereocenters. The Morgan fingerprint density at radius 2 is 2.11 bits per heavy atom. The van der Waals surface area contributed by atoms with E-state index in [0.29, 0.717) is 37.5 Å². The van der Waals surface area contributed by atoms with Gasteiger partial charge in [0.1, 0.15) is 5.69 Å². The van der Waals surface area contributed by atoms with Gasteiger partial charge >= 0.3 is 5.69 Å². The molecular weight excluding hydrogens is 346 g/mol. The summed E-state index contributed by atoms with van der Waals surface area (Å²) in [5.41, 5.74) is 5.57. The van der Waals surface area contributed by atoms with Crippen LogP contribution in [0.1, 0.15) is 49.3 Å². The Labute approximate surface area is 159 Å². The molecule has 0 spiro atoms. The molecule has 2 amide bonds. The first-order valence-corrected chi connectivity index (χ1v) is 9.62. The maximum absolute atomic E-state index is 13.0. The van der Waals surface area contributed by atoms with Crippen molar-refractivity contribution in [3.05, 3.63) is 27.9 Å². The molecule has 2 saturated heterocycles. The normalized spacial score (nSPS) is 26.1. The van der Waals surface area contributed by atoms with Gasteiger partial charge in [-0.2, -0.15) is 4.98 Å². The lowest BCUT2D eigenvalue weighted by Crippen LogP contribution is -2.65. The number of carbonyl (C=O) groups excluding carboxylic acids is 2. The fourth-order valence-electron chi connectivity index (χ4n) is 4.55. The first-order chi connectivity index (χ1) is 12.7. The van der Waals surface area contributed by atoms with Crippen molar-refractivity contribution in [2.75, 3.05) is 26.7 Å². The Hall–Kier alpha value is -2.22. The minimum absolute atomic E-state index is 0.0985. The minimum Gasteiger partial charge on any atom is -0.369 e. The van der Waals surface area contributed by atoms with E-state index in [-0.39, 0.29) is 23.6 Å². The molecule has 2 fully saturated rings. The summed E-state index contributed by atoms with van der Waals surface area (Å²) in [6.45, 7) is 5.84. The number of likely N-dealkylation sites (N-methyl/N-ethyl adjacent to an activating group) is 1. The lowest BCUT2D eigenvalue weighted by molar-refractivity contribution is -0.139. The number of aromatic amines is 1. The predicted octanol–water partition coefficient (Wildman–Crippen LogP) is 0.380. The maximum Gasteiger partial charge on any atom is 0.345 e. The summed E-state index contributed by atoms with van der Waals surface area (Å²) in [5.74, 6) is -0.184. The lowest BCUT2D eigenvalue weighted by atomic mass is 9.68. The molecule has 0 aliphatic carbocycles. The van der Waals surface area contributed by atoms with Crippen LogP contribution in [0.2, 0.25) is 0 Å². The van der Waals surface area contributed by atoms with Gasteiger partial charge in [-0.15, -0.1) is 0 Å². The molecule has 8 heteroatoms. The Morgan fingerprint density at radius 1 is 1.37 bits per heavy atom. The van der Waals surface area contributed by atoms with Crippen LogP contribution in [-0.4, -0.2) is 64.3 Å². The second kappa shape index (κ2) is 7.42. The highest BCUT2D eigenvalue weighted by Crippen LogP contribution is 2.41. The Balaban J connectivity index is 1.84. The van der Waals surface area contributed by atoms with Crippen LogP contribution in [0.25, 0.3) is 0 Å². The predicted molar refractivity (Wildman–Crippen MR) is 101 cm³/mol. The number of nitrogens with two attached hydrogens (primary N) is 1. The van der Waals surface area contributed by atoms with Crippen LogP contribution in [0, 0.1) is 11.3 Å². The number of rotatable bonds is 4. The van der Waals surface area contributed by atoms with Gasteiger partial charge < -0.3 is 20.5 Å². The molecule has 1 aromatic heterocycles. The van der Waals surface area contributed by atoms with Gasteiger partial charge in [-0.25, -0.2) is 4.79 Å². The van der Waals surface area contributed by atoms with Crippen molar-refractivity contribution in [1.82, 2.24) is 19.8 Å². The largest absolute Gasteiger partial charge is 0.369 e. The summed E-state index contributed by atoms with van der Waals surface area (Å²) in [6.07, 6.45) is 2.92. The third-order valence-corrected chi connectivity index (χ3v) is 5.95. The molecule has 0 unspecified atom stereocenters. The van der Waals surface area contributed by atoms with E-state index >= 15 is 0 Å². The van der Waals surface area contributed by atoms with Gasteiger partial charge in [-0.3, -0.25) is 9.59 Å². The van der Waals surface area contributed by atoms with E-state index in [1.54, 1.807) is 11.0 Å². The van der Waals surface area contributed by atoms with Crippen molar-refractivity contribution in [1.29, 1.82) is 0 Å². The van der Waals surface area contributed by atoms with Gasteiger partial charge in [0.2, 0.25) is 5.91 Å². The molecule has 3 N–H and O–H groups in total. The Morgan fingerprint density at radius 3 is 2.78 bits per heavy atom. The number of fused-ring (bicyclic) bond motifs is 1. The third kappa shape index (κ3) is 3.76. The van der Waals surface area contributed by atoms with E-state index < -0.39 is 11.1 Å². The van der Waals surface area contributed by atoms with Gasteiger partial charge in [0.05, 0.1) is 5.41 Å². The van der Waals surface area contributed by atoms with E-state index in [9.17, 15) is 14.4 Å². The van der Waals surface area contributed by atoms with E-state index in [4.69, 9.17) is 5.73 Å². The number of piperidine rings is 2. The van der Waals surface area contributed by atoms with Crippen LogP contribution in [-0.2, 0) is 11.2 Å². The monoisotopic (exact) mass is 375 g/mol. The van der Waals surface area contributed by atoms with E-state index in [2.05, 4.69) is 14.9 Å². The average Bonchev–Trinajstić information content (AvgIpc) is 2.60. The molecule has 27 heavy (non-hydrogen) atoms. The summed E-state index contributed by atoms with van der Waals surface area (Å²) >= 11 is 0. The number of carbonyl (C=O) groups is 2. The van der Waals surface area contributed by atoms with Crippen LogP contribution in [0.4, 0.5) is 0 Å². The summed E-state index contributed by atoms with van der Waals surface area (Å²) in [5, 5.41) is 0. The fourth-order valence-corrected chi connectivity index (χ4v) is 4.55. The Bertz CT molecular complexity index is 790. The lowest BCUT2D eigenvalue weighted by Gasteiger charge is -2.52. The number of H-pyrrole nitrogens is 1. The topological polar surface area (TPSA) is 112 Å². The first-order valence-electron chi connectivity index (χ1n) is 9.62. The number of hydrogen-bond donors (Lipinski definition) is 2. The molecule has 0 radical (unpaired) electrons. The molecule has 0 aromatic carbocycles. The zero-order valence-corrected chi connectivity index (χ0v) is 16.3. The second-order valence-electron chi connectivity index (χ2n) is 8.32. The highest BCUT2D eigenvalue weighted by Gasteiger charge is 2.51. The zero-order valence-electron chi connectivity index (χ0n) is 16.3. The van der Waals surface area contributed by atoms with Crippen LogP contribution >= 0.6 is 0 Å². The molecule has 8 nitrogen and oxygen atoms in total. The second-order valence-corrected chi connectivity index (χ2v) is 8.32. The summed E-state index contributed by atoms with van der Waals surface area (Å²) in [6, 6.07) is 1.57. The van der Waals surface area contributed by atoms with E-state index in [1.807, 2.05) is 20.9 Å². The number of amides is 2. The van der Waals surface area contributed by atoms with Crippen molar-refractivity contribution in [3.8, 4) is 0 Å². The number of likely N-dealkylation sites (tertiary alicyclic amines) is 2. The smallest absolute Gasteiger partial charge is 0.345 e. The van der Waals surface area contributed by atoms with Crippen LogP contribution in [0.15, 0.2) is 10.9 Å². The van der Waals surface area contributed by atoms with Crippen molar-refractivity contribution >= 4 is 11.8 Å². The average molecular weight is 375 g/mol. The number of hydrogen-bond acceptors (Lipinski definition) is 5. The minimum atomic E-state index is -0.575. The SMILES string of the molecule is CC(C)Cc1cc(C(=O)N2CC[C@]3(C(N)=O)CCCN(C)[C@@H]3C2)nc(=O)[nH]1. The summed E-state index contributed by atoms with van der Waals surface area (Å²) in [7, 11) is 1.97. The van der Waals surface area contributed by atoms with E-state index in [0.717, 1.165) is 19.4 Å². The molecular formula is C19H29N5O3. The van der Waals surface area contributed by atoms with Crippen molar-refractivity contribution in [3.63, 3.8) is 0 Å². The summed E-state index contributed by atoms with van der Waals surface area (Å²) < 4.78 is 0. The van der Waals surface area contributed by atoms with E-state index in [1.165, 1.54) is 0 Å².